The zero-order valence-electron chi connectivity index (χ0n) is 33.7. The number of nitriles is 1. The second kappa shape index (κ2) is 28.6. The molecule has 6 heterocycles. The fourth-order valence-electron chi connectivity index (χ4n) is 5.08. The quantitative estimate of drug-likeness (QED) is 0.0895. The Labute approximate surface area is 476 Å². The summed E-state index contributed by atoms with van der Waals surface area (Å²) in [4.78, 5) is 27.9. The zero-order valence-corrected chi connectivity index (χ0v) is 48.4. The summed E-state index contributed by atoms with van der Waals surface area (Å²) in [6.07, 6.45) is 11.7. The molecule has 0 radical (unpaired) electrons. The van der Waals surface area contributed by atoms with E-state index in [1.165, 1.54) is 11.2 Å². The van der Waals surface area contributed by atoms with Crippen LogP contribution in [-0.4, -0.2) is 47.5 Å². The maximum Gasteiger partial charge on any atom is 1.00 e. The number of alkyl halides is 1. The largest absolute Gasteiger partial charge is 1.00 e. The normalized spacial score (nSPS) is 13.1. The van der Waals surface area contributed by atoms with E-state index >= 15 is 0 Å². The molecule has 4 aromatic heterocycles. The number of rotatable bonds is 8. The molecule has 1 N–H and O–H groups in total. The summed E-state index contributed by atoms with van der Waals surface area (Å²) in [5.74, 6) is 2.41. The Kier molecular flexibility index (Phi) is 25.8. The van der Waals surface area contributed by atoms with Crippen molar-refractivity contribution in [2.75, 3.05) is 0 Å². The van der Waals surface area contributed by atoms with Gasteiger partial charge in [0.05, 0.1) is 33.9 Å². The standard InChI is InChI=1S/C18H15N3O3S.C12H10N2O3S.C6H6BrN.C2H3N.CH2O3.2Cs.H/c22-25(23)18-6-5-16(24-17-4-2-8-20-11-17)9-15(18)13-21(25)12-14-3-1-7-19-10-14;15-18(16)12-4-3-10(6-9(12)7-14-18)17-11-2-1-5-13-8-11;7-5-6-3-1-2-4-8-6;1-2-3;2-1-4-3;;;/h1-11H,12-13H2;1-6,8,14H,7H2;1-4H,5H2;1H3;1,3H;;;/q;;;;;2*+1;-1/p-1. The summed E-state index contributed by atoms with van der Waals surface area (Å²) in [6, 6.07) is 28.3. The second-order valence-electron chi connectivity index (χ2n) is 11.5. The summed E-state index contributed by atoms with van der Waals surface area (Å²) >= 11 is 3.29. The second-order valence-corrected chi connectivity index (χ2v) is 15.7. The number of halogens is 1. The molecule has 0 saturated heterocycles. The molecule has 0 unspecified atom stereocenters. The number of sulfonamides is 2. The average Bonchev–Trinajstić information content (AvgIpc) is 3.69. The first-order chi connectivity index (χ1) is 28.0. The third-order valence-corrected chi connectivity index (χ3v) is 11.5. The first-order valence-electron chi connectivity index (χ1n) is 16.8. The Morgan fingerprint density at radius 3 is 1.82 bits per heavy atom. The average molecular weight is 1160 g/mol. The van der Waals surface area contributed by atoms with Crippen molar-refractivity contribution in [3.8, 4) is 29.1 Å². The van der Waals surface area contributed by atoms with Gasteiger partial charge in [-0.1, -0.05) is 28.1 Å². The van der Waals surface area contributed by atoms with Crippen LogP contribution in [-0.2, 0) is 54.7 Å². The van der Waals surface area contributed by atoms with Crippen LogP contribution in [0.15, 0.2) is 144 Å². The van der Waals surface area contributed by atoms with Gasteiger partial charge in [0.2, 0.25) is 20.0 Å². The van der Waals surface area contributed by atoms with Gasteiger partial charge in [0.25, 0.3) is 6.47 Å². The summed E-state index contributed by atoms with van der Waals surface area (Å²) in [5, 5.41) is 16.6. The van der Waals surface area contributed by atoms with E-state index in [4.69, 9.17) is 24.8 Å². The number of carbonyl (C=O) groups is 1. The monoisotopic (exact) mass is 1150 g/mol. The van der Waals surface area contributed by atoms with Gasteiger partial charge in [-0.05, 0) is 95.6 Å². The van der Waals surface area contributed by atoms with Gasteiger partial charge < -0.3 is 21.0 Å². The topological polar surface area (TPSA) is 227 Å². The van der Waals surface area contributed by atoms with Crippen LogP contribution < -0.4 is 157 Å². The molecule has 0 spiro atoms. The zero-order chi connectivity index (χ0) is 41.8. The van der Waals surface area contributed by atoms with Gasteiger partial charge in [-0.3, -0.25) is 24.7 Å². The maximum atomic E-state index is 12.7. The summed E-state index contributed by atoms with van der Waals surface area (Å²) in [6.45, 7) is 2.17. The van der Waals surface area contributed by atoms with E-state index in [2.05, 4.69) is 45.5 Å². The molecule has 0 atom stereocenters. The van der Waals surface area contributed by atoms with E-state index in [1.54, 1.807) is 116 Å². The molecule has 2 aliphatic rings. The molecule has 2 aliphatic heterocycles. The van der Waals surface area contributed by atoms with Gasteiger partial charge in [0.1, 0.15) is 23.0 Å². The third kappa shape index (κ3) is 17.3. The van der Waals surface area contributed by atoms with E-state index in [1.807, 2.05) is 24.3 Å². The first kappa shape index (κ1) is 54.1. The van der Waals surface area contributed by atoms with E-state index in [9.17, 15) is 16.8 Å². The smallest absolute Gasteiger partial charge is 1.00 e. The van der Waals surface area contributed by atoms with E-state index in [-0.39, 0.29) is 146 Å². The van der Waals surface area contributed by atoms with Gasteiger partial charge in [-0.25, -0.2) is 21.6 Å². The van der Waals surface area contributed by atoms with Crippen molar-refractivity contribution in [3.63, 3.8) is 0 Å². The number of carbonyl (C=O) groups excluding carboxylic acids is 1. The van der Waals surface area contributed by atoms with Gasteiger partial charge in [-0.2, -0.15) is 9.57 Å². The fourth-order valence-corrected chi connectivity index (χ4v) is 8.24. The van der Waals surface area contributed by atoms with Crippen LogP contribution in [0.1, 0.15) is 30.7 Å². The number of hydrogen-bond acceptors (Lipinski definition) is 14. The van der Waals surface area contributed by atoms with E-state index in [0.29, 0.717) is 52.4 Å². The van der Waals surface area contributed by atoms with Gasteiger partial charge >= 0.3 is 138 Å². The molecule has 16 nitrogen and oxygen atoms in total. The first-order valence-corrected chi connectivity index (χ1v) is 20.9. The summed E-state index contributed by atoms with van der Waals surface area (Å²) in [7, 11) is -6.81. The predicted molar refractivity (Wildman–Crippen MR) is 213 cm³/mol. The van der Waals surface area contributed by atoms with Crippen molar-refractivity contribution in [2.45, 2.75) is 41.7 Å². The number of nitrogens with zero attached hydrogens (tertiary/aromatic N) is 6. The Morgan fingerprint density at radius 2 is 1.35 bits per heavy atom. The minimum atomic E-state index is -3.50. The molecule has 60 heavy (non-hydrogen) atoms. The Hall–Kier alpha value is -2.04. The number of fused-ring (bicyclic) bond motifs is 2. The number of benzene rings is 2. The Balaban J connectivity index is 0.000000452. The molecule has 2 aromatic carbocycles. The molecule has 0 fully saturated rings. The van der Waals surface area contributed by atoms with Gasteiger partial charge in [-0.15, -0.1) is 0 Å². The summed E-state index contributed by atoms with van der Waals surface area (Å²) in [5.41, 5.74) is 3.37. The number of nitrogens with one attached hydrogen (secondary N) is 1. The van der Waals surface area contributed by atoms with Crippen molar-refractivity contribution in [1.29, 1.82) is 5.26 Å². The third-order valence-electron chi connectivity index (χ3n) is 7.49. The van der Waals surface area contributed by atoms with Crippen molar-refractivity contribution in [3.05, 3.63) is 157 Å². The summed E-state index contributed by atoms with van der Waals surface area (Å²) < 4.78 is 63.8. The van der Waals surface area contributed by atoms with Crippen LogP contribution in [0.3, 0.4) is 0 Å². The maximum absolute atomic E-state index is 12.7. The molecule has 0 aliphatic carbocycles. The molecule has 302 valence electrons. The number of aromatic nitrogens is 4. The molecule has 8 rings (SSSR count). The van der Waals surface area contributed by atoms with Crippen molar-refractivity contribution < 1.29 is 180 Å². The minimum Gasteiger partial charge on any atom is -1.00 e. The van der Waals surface area contributed by atoms with Gasteiger partial charge in [0.15, 0.2) is 0 Å². The minimum absolute atomic E-state index is 0. The van der Waals surface area contributed by atoms with Crippen molar-refractivity contribution >= 4 is 42.4 Å². The van der Waals surface area contributed by atoms with Crippen molar-refractivity contribution in [1.82, 2.24) is 29.0 Å². The predicted octanol–water partition coefficient (Wildman–Crippen LogP) is -0.299. The van der Waals surface area contributed by atoms with Crippen LogP contribution in [0.2, 0.25) is 0 Å². The molecular formula is C39H36BrCs2N7O9S2. The van der Waals surface area contributed by atoms with Crippen LogP contribution in [0, 0.1) is 11.3 Å². The van der Waals surface area contributed by atoms with Crippen LogP contribution in [0.25, 0.3) is 0 Å². The molecule has 0 bridgehead atoms. The Morgan fingerprint density at radius 1 is 0.800 bits per heavy atom. The van der Waals surface area contributed by atoms with Crippen LogP contribution in [0.5, 0.6) is 23.0 Å². The fraction of sp³-hybridized carbons (Fsp3) is 0.128. The number of ether oxygens (including phenoxy) is 2. The van der Waals surface area contributed by atoms with E-state index < -0.39 is 20.0 Å². The molecular weight excluding hydrogens is 1120 g/mol. The number of hydrogen-bond donors (Lipinski definition) is 1. The van der Waals surface area contributed by atoms with Crippen LogP contribution in [0.4, 0.5) is 0 Å². The molecule has 0 saturated carbocycles. The van der Waals surface area contributed by atoms with Gasteiger partial charge in [0, 0.05) is 62.9 Å². The molecule has 6 aromatic rings. The van der Waals surface area contributed by atoms with E-state index in [0.717, 1.165) is 27.7 Å². The molecule has 0 amide bonds. The van der Waals surface area contributed by atoms with Crippen LogP contribution >= 0.6 is 15.9 Å². The molecule has 21 heteroatoms. The number of pyridine rings is 4. The SMILES string of the molecule is BrCc1ccccn1.CC#N.O=CO[O-].O=S1(=O)NCc2cc(Oc3cccnc3)ccc21.O=S1(=O)c2ccc(Oc3cccnc3)cc2CN1Cc1cccnc1.[Cs+].[Cs+].[H-]. The Bertz CT molecular complexity index is 2490. The van der Waals surface area contributed by atoms with Crippen molar-refractivity contribution in [2.24, 2.45) is 0 Å².